The van der Waals surface area contributed by atoms with Gasteiger partial charge >= 0.3 is 0 Å². The molecule has 0 radical (unpaired) electrons. The van der Waals surface area contributed by atoms with Crippen molar-refractivity contribution >= 4 is 27.4 Å². The summed E-state index contributed by atoms with van der Waals surface area (Å²) in [6.07, 6.45) is 8.07. The second-order valence-corrected chi connectivity index (χ2v) is 9.80. The Morgan fingerprint density at radius 1 is 0.882 bits per heavy atom. The van der Waals surface area contributed by atoms with Crippen LogP contribution in [0.5, 0.6) is 5.75 Å². The highest BCUT2D eigenvalue weighted by Crippen LogP contribution is 2.31. The minimum Gasteiger partial charge on any atom is -0.493 e. The van der Waals surface area contributed by atoms with Crippen LogP contribution in [0.3, 0.4) is 0 Å². The molecule has 1 saturated heterocycles. The van der Waals surface area contributed by atoms with Gasteiger partial charge in [0.25, 0.3) is 0 Å². The number of aryl methyl sites for hydroxylation is 1. The third kappa shape index (κ3) is 4.19. The molecule has 0 unspecified atom stereocenters. The Morgan fingerprint density at radius 2 is 1.74 bits per heavy atom. The third-order valence-electron chi connectivity index (χ3n) is 7.46. The van der Waals surface area contributed by atoms with Crippen LogP contribution in [0.15, 0.2) is 78.9 Å². The van der Waals surface area contributed by atoms with Gasteiger partial charge in [-0.25, -0.2) is 0 Å². The molecule has 4 heterocycles. The van der Waals surface area contributed by atoms with Gasteiger partial charge < -0.3 is 14.6 Å². The van der Waals surface area contributed by atoms with E-state index in [0.717, 1.165) is 56.8 Å². The van der Waals surface area contributed by atoms with Gasteiger partial charge in [-0.1, -0.05) is 48.6 Å². The molecule has 3 aliphatic heterocycles. The molecule has 3 aromatic carbocycles. The molecule has 1 aromatic heterocycles. The fourth-order valence-electron chi connectivity index (χ4n) is 5.73. The molecule has 0 aliphatic carbocycles. The van der Waals surface area contributed by atoms with E-state index in [1.165, 1.54) is 27.5 Å². The summed E-state index contributed by atoms with van der Waals surface area (Å²) in [6, 6.07) is 25.1. The predicted octanol–water partition coefficient (Wildman–Crippen LogP) is 6.31. The maximum atomic E-state index is 6.22. The molecule has 4 aromatic rings. The number of nitrogens with zero attached hydrogens (tertiary/aromatic N) is 2. The molecule has 7 rings (SSSR count). The summed E-state index contributed by atoms with van der Waals surface area (Å²) in [5.74, 6) is 0.987. The van der Waals surface area contributed by atoms with Gasteiger partial charge in [-0.15, -0.1) is 0 Å². The Labute approximate surface area is 201 Å². The summed E-state index contributed by atoms with van der Waals surface area (Å²) in [6.45, 7) is 6.14. The number of benzene rings is 3. The summed E-state index contributed by atoms with van der Waals surface area (Å²) >= 11 is 0. The van der Waals surface area contributed by atoms with Crippen LogP contribution in [-0.4, -0.2) is 48.2 Å². The van der Waals surface area contributed by atoms with E-state index in [4.69, 9.17) is 4.74 Å². The molecule has 0 saturated carbocycles. The number of hydrogen-bond acceptors (Lipinski definition) is 3. The third-order valence-corrected chi connectivity index (χ3v) is 7.46. The van der Waals surface area contributed by atoms with Gasteiger partial charge in [-0.3, -0.25) is 4.90 Å². The van der Waals surface area contributed by atoms with Gasteiger partial charge in [0.2, 0.25) is 0 Å². The lowest BCUT2D eigenvalue weighted by Crippen LogP contribution is -2.59. The Morgan fingerprint density at radius 3 is 2.65 bits per heavy atom. The number of H-pyrrole nitrogens is 1. The van der Waals surface area contributed by atoms with Crippen molar-refractivity contribution in [1.82, 2.24) is 9.88 Å². The lowest BCUT2D eigenvalue weighted by molar-refractivity contribution is 0.137. The first-order chi connectivity index (χ1) is 16.7. The van der Waals surface area contributed by atoms with Gasteiger partial charge in [-0.05, 0) is 67.3 Å². The maximum Gasteiger partial charge on any atom is 0.128 e. The Hall–Kier alpha value is -3.24. The van der Waals surface area contributed by atoms with Crippen LogP contribution in [0.25, 0.3) is 21.7 Å². The first kappa shape index (κ1) is 21.3. The summed E-state index contributed by atoms with van der Waals surface area (Å²) in [7, 11) is 0. The van der Waals surface area contributed by atoms with E-state index in [9.17, 15) is 0 Å². The van der Waals surface area contributed by atoms with Gasteiger partial charge in [-0.2, -0.15) is 0 Å². The van der Waals surface area contributed by atoms with Crippen LogP contribution >= 0.6 is 0 Å². The van der Waals surface area contributed by atoms with Crippen molar-refractivity contribution in [2.24, 2.45) is 0 Å². The molecular weight excluding hydrogens is 418 g/mol. The monoisotopic (exact) mass is 451 g/mol. The van der Waals surface area contributed by atoms with Crippen LogP contribution in [0.1, 0.15) is 25.0 Å². The molecule has 174 valence electrons. The lowest BCUT2D eigenvalue weighted by Gasteiger charge is -2.48. The number of rotatable bonds is 6. The van der Waals surface area contributed by atoms with E-state index < -0.39 is 0 Å². The molecule has 3 aliphatic rings. The highest BCUT2D eigenvalue weighted by atomic mass is 16.5. The van der Waals surface area contributed by atoms with Crippen LogP contribution in [0.2, 0.25) is 0 Å². The SMILES string of the molecule is Cc1cc2c(OCCCN3C[C@@H]4CC=CC[C@H]3CN4c3ccc4ccccc4c3)cccc2[nH]1. The van der Waals surface area contributed by atoms with E-state index in [1.807, 2.05) is 0 Å². The van der Waals surface area contributed by atoms with Crippen molar-refractivity contribution in [1.29, 1.82) is 0 Å². The van der Waals surface area contributed by atoms with Crippen molar-refractivity contribution in [2.45, 2.75) is 38.3 Å². The van der Waals surface area contributed by atoms with Crippen molar-refractivity contribution in [2.75, 3.05) is 31.1 Å². The predicted molar refractivity (Wildman–Crippen MR) is 142 cm³/mol. The van der Waals surface area contributed by atoms with Crippen molar-refractivity contribution in [3.63, 3.8) is 0 Å². The molecule has 4 nitrogen and oxygen atoms in total. The normalized spacial score (nSPS) is 20.7. The molecule has 34 heavy (non-hydrogen) atoms. The smallest absolute Gasteiger partial charge is 0.128 e. The number of aromatic amines is 1. The number of fused-ring (bicyclic) bond motifs is 6. The zero-order valence-electron chi connectivity index (χ0n) is 19.9. The van der Waals surface area contributed by atoms with Crippen LogP contribution in [0.4, 0.5) is 5.69 Å². The largest absolute Gasteiger partial charge is 0.493 e. The minimum absolute atomic E-state index is 0.520. The molecule has 4 heteroatoms. The zero-order valence-corrected chi connectivity index (χ0v) is 19.9. The van der Waals surface area contributed by atoms with E-state index in [0.29, 0.717) is 12.1 Å². The van der Waals surface area contributed by atoms with Crippen molar-refractivity contribution in [3.05, 3.63) is 84.6 Å². The fraction of sp³-hybridized carbons (Fsp3) is 0.333. The van der Waals surface area contributed by atoms with Gasteiger partial charge in [0, 0.05) is 54.0 Å². The number of nitrogens with one attached hydrogen (secondary N) is 1. The minimum atomic E-state index is 0.520. The number of anilines is 1. The summed E-state index contributed by atoms with van der Waals surface area (Å²) < 4.78 is 6.22. The highest BCUT2D eigenvalue weighted by Gasteiger charge is 2.33. The molecule has 0 amide bonds. The molecule has 2 atom stereocenters. The topological polar surface area (TPSA) is 31.5 Å². The molecule has 1 fully saturated rings. The van der Waals surface area contributed by atoms with Crippen molar-refractivity contribution < 1.29 is 4.74 Å². The number of ether oxygens (including phenoxy) is 1. The Balaban J connectivity index is 1.11. The second-order valence-electron chi connectivity index (χ2n) is 9.80. The number of aromatic nitrogens is 1. The van der Waals surface area contributed by atoms with Crippen LogP contribution < -0.4 is 9.64 Å². The summed E-state index contributed by atoms with van der Waals surface area (Å²) in [5, 5.41) is 3.83. The first-order valence-corrected chi connectivity index (χ1v) is 12.6. The van der Waals surface area contributed by atoms with Crippen LogP contribution in [-0.2, 0) is 0 Å². The summed E-state index contributed by atoms with van der Waals surface area (Å²) in [5.41, 5.74) is 3.69. The number of hydrogen-bond donors (Lipinski definition) is 1. The maximum absolute atomic E-state index is 6.22. The van der Waals surface area contributed by atoms with Crippen molar-refractivity contribution in [3.8, 4) is 5.75 Å². The Kier molecular flexibility index (Phi) is 5.76. The lowest BCUT2D eigenvalue weighted by atomic mass is 9.96. The number of piperazine rings is 1. The van der Waals surface area contributed by atoms with E-state index in [2.05, 4.69) is 101 Å². The van der Waals surface area contributed by atoms with E-state index in [-0.39, 0.29) is 0 Å². The van der Waals surface area contributed by atoms with Gasteiger partial charge in [0.15, 0.2) is 0 Å². The molecule has 0 spiro atoms. The highest BCUT2D eigenvalue weighted by molar-refractivity contribution is 5.87. The average Bonchev–Trinajstić information content (AvgIpc) is 3.23. The Bertz CT molecular complexity index is 1320. The van der Waals surface area contributed by atoms with Gasteiger partial charge in [0.1, 0.15) is 5.75 Å². The first-order valence-electron chi connectivity index (χ1n) is 12.6. The standard InChI is InChI=1S/C30H33N3O/c1-22-18-28-29(31-22)12-6-13-30(28)34-17-7-16-32-20-27-11-5-4-10-26(32)21-33(27)25-15-14-23-8-2-3-9-24(23)19-25/h2-6,8-9,12-15,18-19,26-27,31H,7,10-11,16-17,20-21H2,1H3/t26-,27-/m0/s1. The molecular formula is C30H33N3O. The van der Waals surface area contributed by atoms with E-state index >= 15 is 0 Å². The second kappa shape index (κ2) is 9.19. The average molecular weight is 452 g/mol. The molecule has 2 bridgehead atoms. The fourth-order valence-corrected chi connectivity index (χ4v) is 5.73. The summed E-state index contributed by atoms with van der Waals surface area (Å²) in [4.78, 5) is 8.76. The quantitative estimate of drug-likeness (QED) is 0.275. The van der Waals surface area contributed by atoms with E-state index in [1.54, 1.807) is 0 Å². The zero-order chi connectivity index (χ0) is 22.9. The van der Waals surface area contributed by atoms with Gasteiger partial charge in [0.05, 0.1) is 6.61 Å². The van der Waals surface area contributed by atoms with Crippen LogP contribution in [0, 0.1) is 6.92 Å². The molecule has 1 N–H and O–H groups in total.